The fourth-order valence-corrected chi connectivity index (χ4v) is 2.42. The molecule has 0 aliphatic carbocycles. The van der Waals surface area contributed by atoms with Crippen LogP contribution in [0.25, 0.3) is 11.3 Å². The van der Waals surface area contributed by atoms with E-state index < -0.39 is 9.05 Å². The minimum absolute atomic E-state index is 0.305. The van der Waals surface area contributed by atoms with Crippen LogP contribution in [0.2, 0.25) is 0 Å². The van der Waals surface area contributed by atoms with Gasteiger partial charge in [0.15, 0.2) is 5.76 Å². The van der Waals surface area contributed by atoms with Gasteiger partial charge >= 0.3 is 0 Å². The summed E-state index contributed by atoms with van der Waals surface area (Å²) in [5, 5.41) is 3.68. The Morgan fingerprint density at radius 2 is 1.94 bits per heavy atom. The van der Waals surface area contributed by atoms with E-state index in [1.54, 1.807) is 6.07 Å². The Kier molecular flexibility index (Phi) is 3.73. The van der Waals surface area contributed by atoms with Crippen molar-refractivity contribution in [1.82, 2.24) is 5.16 Å². The van der Waals surface area contributed by atoms with E-state index in [0.717, 1.165) is 12.0 Å². The Hall–Kier alpha value is -1.33. The normalized spacial score (nSPS) is 11.7. The fraction of sp³-hybridized carbons (Fsp3) is 0.250. The summed E-state index contributed by atoms with van der Waals surface area (Å²) < 4.78 is 26.9. The molecule has 1 aromatic carbocycles. The molecule has 0 amide bonds. The maximum atomic E-state index is 10.9. The van der Waals surface area contributed by atoms with Crippen LogP contribution < -0.4 is 0 Å². The number of aromatic nitrogens is 1. The molecule has 0 atom stereocenters. The number of nitrogens with zero attached hydrogens (tertiary/aromatic N) is 1. The lowest BCUT2D eigenvalue weighted by atomic mass is 10.1. The third kappa shape index (κ3) is 3.34. The first-order valence-corrected chi connectivity index (χ1v) is 7.93. The highest BCUT2D eigenvalue weighted by Crippen LogP contribution is 2.22. The standard InChI is InChI=1S/C12H12ClNO3S/c1-2-9-3-5-10(6-4-9)12-7-11(14-17-12)8-18(13,15)16/h3-7H,2,8H2,1H3. The van der Waals surface area contributed by atoms with Crippen molar-refractivity contribution in [2.75, 3.05) is 0 Å². The van der Waals surface area contributed by atoms with Gasteiger partial charge in [-0.25, -0.2) is 8.42 Å². The number of rotatable bonds is 4. The molecule has 4 nitrogen and oxygen atoms in total. The molecule has 0 aliphatic heterocycles. The van der Waals surface area contributed by atoms with Crippen molar-refractivity contribution in [1.29, 1.82) is 0 Å². The minimum Gasteiger partial charge on any atom is -0.356 e. The minimum atomic E-state index is -3.61. The SMILES string of the molecule is CCc1ccc(-c2cc(CS(=O)(=O)Cl)no2)cc1. The average Bonchev–Trinajstić information content (AvgIpc) is 2.75. The molecule has 0 spiro atoms. The zero-order valence-corrected chi connectivity index (χ0v) is 11.3. The van der Waals surface area contributed by atoms with E-state index in [1.165, 1.54) is 5.56 Å². The van der Waals surface area contributed by atoms with Gasteiger partial charge in [0, 0.05) is 22.3 Å². The molecule has 0 saturated carbocycles. The second-order valence-corrected chi connectivity index (χ2v) is 6.69. The van der Waals surface area contributed by atoms with Gasteiger partial charge in [-0.3, -0.25) is 0 Å². The van der Waals surface area contributed by atoms with Gasteiger partial charge in [-0.1, -0.05) is 36.3 Å². The van der Waals surface area contributed by atoms with Crippen molar-refractivity contribution in [2.24, 2.45) is 0 Å². The lowest BCUT2D eigenvalue weighted by molar-refractivity contribution is 0.426. The summed E-state index contributed by atoms with van der Waals surface area (Å²) in [7, 11) is 1.55. The number of hydrogen-bond acceptors (Lipinski definition) is 4. The highest BCUT2D eigenvalue weighted by atomic mass is 35.7. The van der Waals surface area contributed by atoms with Crippen LogP contribution in [0.3, 0.4) is 0 Å². The molecule has 0 unspecified atom stereocenters. The predicted octanol–water partition coefficient (Wildman–Crippen LogP) is 2.97. The summed E-state index contributed by atoms with van der Waals surface area (Å²) in [6, 6.07) is 9.41. The van der Waals surface area contributed by atoms with E-state index >= 15 is 0 Å². The van der Waals surface area contributed by atoms with Gasteiger partial charge in [-0.05, 0) is 12.0 Å². The van der Waals surface area contributed by atoms with Gasteiger partial charge in [0.1, 0.15) is 11.4 Å². The zero-order chi connectivity index (χ0) is 13.2. The molecular weight excluding hydrogens is 274 g/mol. The Morgan fingerprint density at radius 1 is 1.28 bits per heavy atom. The molecule has 0 bridgehead atoms. The third-order valence-electron chi connectivity index (χ3n) is 2.53. The first kappa shape index (κ1) is 13.1. The molecule has 2 aromatic rings. The molecule has 1 heterocycles. The van der Waals surface area contributed by atoms with Crippen LogP contribution in [0.15, 0.2) is 34.9 Å². The van der Waals surface area contributed by atoms with Crippen LogP contribution >= 0.6 is 10.7 Å². The quantitative estimate of drug-likeness (QED) is 0.810. The van der Waals surface area contributed by atoms with E-state index in [-0.39, 0.29) is 5.75 Å². The second-order valence-electron chi connectivity index (χ2n) is 3.92. The number of aryl methyl sites for hydroxylation is 1. The Bertz CT molecular complexity index is 632. The van der Waals surface area contributed by atoms with Gasteiger partial charge in [-0.15, -0.1) is 0 Å². The van der Waals surface area contributed by atoms with E-state index in [0.29, 0.717) is 11.5 Å². The fourth-order valence-electron chi connectivity index (χ4n) is 1.60. The lowest BCUT2D eigenvalue weighted by Gasteiger charge is -1.97. The van der Waals surface area contributed by atoms with Crippen molar-refractivity contribution < 1.29 is 12.9 Å². The summed E-state index contributed by atoms with van der Waals surface area (Å²) in [5.41, 5.74) is 2.39. The van der Waals surface area contributed by atoms with Crippen molar-refractivity contribution >= 4 is 19.7 Å². The Balaban J connectivity index is 2.23. The third-order valence-corrected chi connectivity index (χ3v) is 3.49. The topological polar surface area (TPSA) is 60.2 Å². The van der Waals surface area contributed by atoms with E-state index in [9.17, 15) is 8.42 Å². The largest absolute Gasteiger partial charge is 0.356 e. The lowest BCUT2D eigenvalue weighted by Crippen LogP contribution is -1.94. The predicted molar refractivity (Wildman–Crippen MR) is 69.8 cm³/mol. The second kappa shape index (κ2) is 5.12. The van der Waals surface area contributed by atoms with Crippen LogP contribution in [-0.2, 0) is 21.2 Å². The summed E-state index contributed by atoms with van der Waals surface area (Å²) in [6.07, 6.45) is 0.965. The molecule has 0 fully saturated rings. The van der Waals surface area contributed by atoms with Crippen molar-refractivity contribution in [3.8, 4) is 11.3 Å². The van der Waals surface area contributed by atoms with Gasteiger partial charge in [-0.2, -0.15) is 0 Å². The zero-order valence-electron chi connectivity index (χ0n) is 9.76. The van der Waals surface area contributed by atoms with Crippen molar-refractivity contribution in [3.05, 3.63) is 41.6 Å². The number of halogens is 1. The van der Waals surface area contributed by atoms with Gasteiger partial charge in [0.2, 0.25) is 9.05 Å². The van der Waals surface area contributed by atoms with Gasteiger partial charge in [0.25, 0.3) is 0 Å². The summed E-state index contributed by atoms with van der Waals surface area (Å²) in [5.74, 6) is 0.207. The van der Waals surface area contributed by atoms with Crippen molar-refractivity contribution in [2.45, 2.75) is 19.1 Å². The average molecular weight is 286 g/mol. The van der Waals surface area contributed by atoms with E-state index in [4.69, 9.17) is 15.2 Å². The van der Waals surface area contributed by atoms with E-state index in [1.807, 2.05) is 24.3 Å². The molecular formula is C12H12ClNO3S. The number of benzene rings is 1. The van der Waals surface area contributed by atoms with Crippen LogP contribution in [0, 0.1) is 0 Å². The molecule has 6 heteroatoms. The number of hydrogen-bond donors (Lipinski definition) is 0. The molecule has 1 aromatic heterocycles. The first-order valence-electron chi connectivity index (χ1n) is 5.45. The van der Waals surface area contributed by atoms with Crippen LogP contribution in [0.1, 0.15) is 18.2 Å². The molecule has 0 radical (unpaired) electrons. The summed E-state index contributed by atoms with van der Waals surface area (Å²) in [4.78, 5) is 0. The van der Waals surface area contributed by atoms with Gasteiger partial charge < -0.3 is 4.52 Å². The maximum Gasteiger partial charge on any atom is 0.238 e. The molecule has 0 saturated heterocycles. The molecule has 2 rings (SSSR count). The molecule has 0 N–H and O–H groups in total. The van der Waals surface area contributed by atoms with Crippen LogP contribution in [-0.4, -0.2) is 13.6 Å². The smallest absolute Gasteiger partial charge is 0.238 e. The van der Waals surface area contributed by atoms with Crippen LogP contribution in [0.5, 0.6) is 0 Å². The summed E-state index contributed by atoms with van der Waals surface area (Å²) in [6.45, 7) is 2.08. The monoisotopic (exact) mass is 285 g/mol. The molecule has 96 valence electrons. The maximum absolute atomic E-state index is 10.9. The Labute approximate surface area is 110 Å². The Morgan fingerprint density at radius 3 is 2.50 bits per heavy atom. The van der Waals surface area contributed by atoms with Crippen LogP contribution in [0.4, 0.5) is 0 Å². The highest BCUT2D eigenvalue weighted by Gasteiger charge is 2.13. The molecule has 18 heavy (non-hydrogen) atoms. The first-order chi connectivity index (χ1) is 8.48. The van der Waals surface area contributed by atoms with E-state index in [2.05, 4.69) is 12.1 Å². The van der Waals surface area contributed by atoms with Crippen molar-refractivity contribution in [3.63, 3.8) is 0 Å². The summed E-state index contributed by atoms with van der Waals surface area (Å²) >= 11 is 0. The molecule has 0 aliphatic rings. The van der Waals surface area contributed by atoms with Gasteiger partial charge in [0.05, 0.1) is 0 Å². The highest BCUT2D eigenvalue weighted by molar-refractivity contribution is 8.13.